The first-order valence-electron chi connectivity index (χ1n) is 10.3. The lowest BCUT2D eigenvalue weighted by Crippen LogP contribution is -2.45. The van der Waals surface area contributed by atoms with Gasteiger partial charge in [0.25, 0.3) is 5.56 Å². The predicted octanol–water partition coefficient (Wildman–Crippen LogP) is 3.31. The first-order valence-corrected chi connectivity index (χ1v) is 10.3. The Balaban J connectivity index is 0.00000218. The van der Waals surface area contributed by atoms with Crippen LogP contribution in [0, 0.1) is 0 Å². The molecular formula is C25H36N2O3. The lowest BCUT2D eigenvalue weighted by molar-refractivity contribution is 0.386. The van der Waals surface area contributed by atoms with Crippen molar-refractivity contribution in [3.63, 3.8) is 0 Å². The van der Waals surface area contributed by atoms with E-state index in [4.69, 9.17) is 9.47 Å². The maximum absolute atomic E-state index is 12.7. The van der Waals surface area contributed by atoms with Gasteiger partial charge in [0.2, 0.25) is 0 Å². The molecular weight excluding hydrogens is 376 g/mol. The van der Waals surface area contributed by atoms with E-state index in [0.29, 0.717) is 5.22 Å². The number of benzene rings is 1. The number of hydrogen-bond acceptors (Lipinski definition) is 4. The molecule has 0 aliphatic heterocycles. The highest BCUT2D eigenvalue weighted by Crippen LogP contribution is 2.34. The number of hydrogen-bond donors (Lipinski definition) is 0. The number of pyridine rings is 1. The number of allylic oxidation sites excluding steroid dienone is 1. The molecule has 0 amide bonds. The van der Waals surface area contributed by atoms with Crippen LogP contribution in [0.1, 0.15) is 33.3 Å². The van der Waals surface area contributed by atoms with Gasteiger partial charge in [0.15, 0.2) is 0 Å². The average molecular weight is 413 g/mol. The minimum atomic E-state index is -0.0480. The van der Waals surface area contributed by atoms with Crippen LogP contribution in [0.3, 0.4) is 0 Å². The van der Waals surface area contributed by atoms with Gasteiger partial charge in [0, 0.05) is 49.4 Å². The molecule has 0 aliphatic carbocycles. The smallest absolute Gasteiger partial charge is 0.257 e. The van der Waals surface area contributed by atoms with Crippen molar-refractivity contribution < 1.29 is 9.47 Å². The fourth-order valence-corrected chi connectivity index (χ4v) is 3.22. The van der Waals surface area contributed by atoms with Gasteiger partial charge in [-0.1, -0.05) is 33.4 Å². The van der Waals surface area contributed by atoms with Crippen LogP contribution >= 0.6 is 0 Å². The van der Waals surface area contributed by atoms with Gasteiger partial charge in [-0.15, -0.1) is 0 Å². The normalized spacial score (nSPS) is 11.6. The highest BCUT2D eigenvalue weighted by molar-refractivity contribution is 5.71. The van der Waals surface area contributed by atoms with E-state index in [9.17, 15) is 4.79 Å². The molecule has 1 heterocycles. The molecule has 0 saturated heterocycles. The fraction of sp³-hybridized carbons (Fsp3) is 0.400. The van der Waals surface area contributed by atoms with Crippen LogP contribution in [-0.2, 0) is 13.5 Å². The van der Waals surface area contributed by atoms with Crippen LogP contribution in [0.25, 0.3) is 23.3 Å². The molecule has 0 unspecified atom stereocenters. The van der Waals surface area contributed by atoms with Crippen molar-refractivity contribution in [2.24, 2.45) is 7.05 Å². The minimum Gasteiger partial charge on any atom is -0.496 e. The van der Waals surface area contributed by atoms with Crippen molar-refractivity contribution in [2.45, 2.75) is 34.1 Å². The molecule has 0 N–H and O–H groups in total. The molecule has 0 atom stereocenters. The predicted molar refractivity (Wildman–Crippen MR) is 128 cm³/mol. The Morgan fingerprint density at radius 2 is 1.67 bits per heavy atom. The highest BCUT2D eigenvalue weighted by atomic mass is 16.5. The van der Waals surface area contributed by atoms with Crippen molar-refractivity contribution in [2.75, 3.05) is 28.3 Å². The second-order valence-corrected chi connectivity index (χ2v) is 6.82. The van der Waals surface area contributed by atoms with Gasteiger partial charge in [-0.25, -0.2) is 0 Å². The number of methoxy groups -OCH3 is 2. The molecule has 0 radical (unpaired) electrons. The summed E-state index contributed by atoms with van der Waals surface area (Å²) in [7, 11) is 8.93. The third-order valence-electron chi connectivity index (χ3n) is 4.90. The van der Waals surface area contributed by atoms with Gasteiger partial charge in [-0.05, 0) is 42.3 Å². The molecule has 0 saturated carbocycles. The van der Waals surface area contributed by atoms with Gasteiger partial charge < -0.3 is 18.9 Å². The molecule has 1 aromatic carbocycles. The minimum absolute atomic E-state index is 0.0480. The monoisotopic (exact) mass is 412 g/mol. The molecule has 5 heteroatoms. The molecule has 2 aromatic rings. The number of rotatable bonds is 6. The highest BCUT2D eigenvalue weighted by Gasteiger charge is 2.14. The van der Waals surface area contributed by atoms with Gasteiger partial charge in [0.05, 0.1) is 14.2 Å². The van der Waals surface area contributed by atoms with Gasteiger partial charge >= 0.3 is 0 Å². The Morgan fingerprint density at radius 1 is 1.13 bits per heavy atom. The van der Waals surface area contributed by atoms with E-state index in [1.807, 2.05) is 70.2 Å². The number of ether oxygens (including phenoxy) is 2. The maximum atomic E-state index is 12.7. The summed E-state index contributed by atoms with van der Waals surface area (Å²) in [4.78, 5) is 14.6. The van der Waals surface area contributed by atoms with E-state index in [1.54, 1.807) is 25.8 Å². The van der Waals surface area contributed by atoms with Gasteiger partial charge in [-0.3, -0.25) is 4.79 Å². The summed E-state index contributed by atoms with van der Waals surface area (Å²) in [5.41, 5.74) is 3.61. The first-order chi connectivity index (χ1) is 14.3. The van der Waals surface area contributed by atoms with E-state index >= 15 is 0 Å². The number of nitrogens with zero attached hydrogens (tertiary/aromatic N) is 2. The molecule has 0 spiro atoms. The second-order valence-electron chi connectivity index (χ2n) is 6.82. The van der Waals surface area contributed by atoms with E-state index < -0.39 is 0 Å². The quantitative estimate of drug-likeness (QED) is 0.730. The van der Waals surface area contributed by atoms with E-state index in [2.05, 4.69) is 13.5 Å². The summed E-state index contributed by atoms with van der Waals surface area (Å²) < 4.78 is 12.8. The van der Waals surface area contributed by atoms with E-state index in [1.165, 1.54) is 0 Å². The topological polar surface area (TPSA) is 43.7 Å². The summed E-state index contributed by atoms with van der Waals surface area (Å²) in [6.45, 7) is 12.0. The summed E-state index contributed by atoms with van der Waals surface area (Å²) in [5.74, 6) is 1.54. The molecule has 5 nitrogen and oxygen atoms in total. The van der Waals surface area contributed by atoms with Crippen LogP contribution < -0.4 is 25.5 Å². The maximum Gasteiger partial charge on any atom is 0.257 e. The van der Waals surface area contributed by atoms with E-state index in [0.717, 1.165) is 45.5 Å². The standard InChI is InChI=1S/C23H30N2O3.C2H6/c1-9-17-19(11-15(3)24(4)5)20(14-25(6)23(17)26)16-12-21(27-7)18(10-2)22(13-16)28-8;1-2/h9,11-14H,3,10H2,1-2,4-8H3;1-2H3/b17-9+,19-11+;. The summed E-state index contributed by atoms with van der Waals surface area (Å²) in [5, 5.41) is 1.47. The molecule has 30 heavy (non-hydrogen) atoms. The van der Waals surface area contributed by atoms with Crippen LogP contribution in [0.2, 0.25) is 0 Å². The van der Waals surface area contributed by atoms with Crippen LogP contribution in [0.4, 0.5) is 0 Å². The van der Waals surface area contributed by atoms with Crippen LogP contribution in [0.15, 0.2) is 35.4 Å². The Morgan fingerprint density at radius 3 is 2.07 bits per heavy atom. The van der Waals surface area contributed by atoms with Gasteiger partial charge in [0.1, 0.15) is 11.5 Å². The van der Waals surface area contributed by atoms with Gasteiger partial charge in [-0.2, -0.15) is 0 Å². The zero-order chi connectivity index (χ0) is 23.0. The Bertz CT molecular complexity index is 1040. The largest absolute Gasteiger partial charge is 0.496 e. The zero-order valence-electron chi connectivity index (χ0n) is 19.9. The summed E-state index contributed by atoms with van der Waals surface area (Å²) >= 11 is 0. The Hall–Kier alpha value is -2.95. The molecule has 0 bridgehead atoms. The first kappa shape index (κ1) is 25.1. The van der Waals surface area contributed by atoms with Crippen molar-refractivity contribution in [1.29, 1.82) is 0 Å². The molecule has 164 valence electrons. The van der Waals surface area contributed by atoms with Crippen molar-refractivity contribution in [3.05, 3.63) is 57.0 Å². The Labute approximate surface area is 180 Å². The fourth-order valence-electron chi connectivity index (χ4n) is 3.22. The third kappa shape index (κ3) is 5.15. The van der Waals surface area contributed by atoms with Crippen molar-refractivity contribution >= 4 is 12.2 Å². The Kier molecular flexibility index (Phi) is 9.44. The third-order valence-corrected chi connectivity index (χ3v) is 4.90. The lowest BCUT2D eigenvalue weighted by Gasteiger charge is -2.16. The van der Waals surface area contributed by atoms with Crippen molar-refractivity contribution in [3.8, 4) is 22.6 Å². The molecule has 0 aliphatic rings. The second kappa shape index (κ2) is 11.3. The SMILES string of the molecule is C=C(/C=c1/c(-c2cc(OC)c(CC)c(OC)c2)cn(C)c(=O)/c1=C/C)N(C)C.CC. The van der Waals surface area contributed by atoms with Crippen LogP contribution in [-0.4, -0.2) is 37.8 Å². The van der Waals surface area contributed by atoms with Crippen molar-refractivity contribution in [1.82, 2.24) is 9.47 Å². The van der Waals surface area contributed by atoms with E-state index in [-0.39, 0.29) is 5.56 Å². The number of aromatic nitrogens is 1. The zero-order valence-corrected chi connectivity index (χ0v) is 19.9. The summed E-state index contributed by atoms with van der Waals surface area (Å²) in [6.07, 6.45) is 6.43. The van der Waals surface area contributed by atoms with Crippen LogP contribution in [0.5, 0.6) is 11.5 Å². The summed E-state index contributed by atoms with van der Waals surface area (Å²) in [6, 6.07) is 3.99. The lowest BCUT2D eigenvalue weighted by atomic mass is 9.99. The molecule has 0 fully saturated rings. The molecule has 2 rings (SSSR count). The average Bonchev–Trinajstić information content (AvgIpc) is 2.76. The number of aryl methyl sites for hydroxylation is 1. The molecule has 1 aromatic heterocycles.